The Hall–Kier alpha value is -7.04. The van der Waals surface area contributed by atoms with Crippen LogP contribution in [-0.2, 0) is 28.5 Å². The van der Waals surface area contributed by atoms with Gasteiger partial charge in [0.05, 0.1) is 70.5 Å². The summed E-state index contributed by atoms with van der Waals surface area (Å²) in [5.74, 6) is 0.755. The molecule has 3 aliphatic heterocycles. The Bertz CT molecular complexity index is 2610. The van der Waals surface area contributed by atoms with Crippen LogP contribution in [0.4, 0.5) is 9.59 Å². The number of fused-ring (bicyclic) bond motifs is 1. The van der Waals surface area contributed by atoms with Crippen LogP contribution in [0, 0.1) is 5.92 Å². The Morgan fingerprint density at radius 2 is 1.27 bits per heavy atom. The average molecular weight is 853 g/mol. The van der Waals surface area contributed by atoms with E-state index < -0.39 is 30.3 Å². The number of morpholine rings is 1. The molecule has 4 N–H and O–H groups in total. The van der Waals surface area contributed by atoms with Crippen LogP contribution in [0.5, 0.6) is 0 Å². The number of methoxy groups -OCH3 is 2. The topological polar surface area (TPSA) is 193 Å². The normalized spacial score (nSPS) is 18.6. The van der Waals surface area contributed by atoms with E-state index in [1.807, 2.05) is 41.4 Å². The first-order chi connectivity index (χ1) is 30.8. The second-order valence-electron chi connectivity index (χ2n) is 15.9. The molecule has 9 rings (SSSR count). The van der Waals surface area contributed by atoms with Crippen LogP contribution in [-0.4, -0.2) is 114 Å². The first-order valence-corrected chi connectivity index (χ1v) is 21.0. The summed E-state index contributed by atoms with van der Waals surface area (Å²) in [6, 6.07) is 27.6. The highest BCUT2D eigenvalue weighted by Crippen LogP contribution is 2.35. The van der Waals surface area contributed by atoms with Crippen LogP contribution in [0.2, 0.25) is 0 Å². The summed E-state index contributed by atoms with van der Waals surface area (Å²) in [5.41, 5.74) is 6.32. The zero-order valence-electron chi connectivity index (χ0n) is 34.9. The van der Waals surface area contributed by atoms with Gasteiger partial charge in [-0.15, -0.1) is 0 Å². The van der Waals surface area contributed by atoms with Crippen molar-refractivity contribution in [2.45, 2.75) is 37.0 Å². The molecule has 0 bridgehead atoms. The first-order valence-electron chi connectivity index (χ1n) is 21.0. The number of aromatic nitrogens is 4. The first kappa shape index (κ1) is 41.3. The van der Waals surface area contributed by atoms with E-state index in [1.165, 1.54) is 14.2 Å². The lowest BCUT2D eigenvalue weighted by atomic mass is 9.96. The van der Waals surface area contributed by atoms with E-state index in [2.05, 4.69) is 74.1 Å². The fourth-order valence-corrected chi connectivity index (χ4v) is 8.62. The largest absolute Gasteiger partial charge is 0.453 e. The van der Waals surface area contributed by atoms with E-state index in [9.17, 15) is 19.2 Å². The van der Waals surface area contributed by atoms with Gasteiger partial charge < -0.3 is 49.3 Å². The lowest BCUT2D eigenvalue weighted by molar-refractivity contribution is -0.143. The minimum Gasteiger partial charge on any atom is -0.453 e. The number of rotatable bonds is 11. The van der Waals surface area contributed by atoms with Crippen LogP contribution >= 0.6 is 0 Å². The summed E-state index contributed by atoms with van der Waals surface area (Å²) in [6.45, 7) is 2.34. The molecule has 0 aliphatic carbocycles. The molecule has 3 aliphatic rings. The van der Waals surface area contributed by atoms with Gasteiger partial charge in [-0.25, -0.2) is 19.6 Å². The molecule has 4 unspecified atom stereocenters. The molecule has 324 valence electrons. The van der Waals surface area contributed by atoms with Crippen molar-refractivity contribution in [1.82, 2.24) is 40.4 Å². The number of nitrogens with one attached hydrogen (secondary N) is 4. The number of hydrogen-bond donors (Lipinski definition) is 4. The summed E-state index contributed by atoms with van der Waals surface area (Å²) in [4.78, 5) is 71.9. The number of amides is 4. The fourth-order valence-electron chi connectivity index (χ4n) is 8.62. The molecule has 4 aromatic carbocycles. The van der Waals surface area contributed by atoms with Crippen molar-refractivity contribution < 1.29 is 38.1 Å². The molecule has 0 saturated carbocycles. The molecule has 4 amide bonds. The van der Waals surface area contributed by atoms with Gasteiger partial charge in [0.1, 0.15) is 29.8 Å². The van der Waals surface area contributed by atoms with E-state index >= 15 is 0 Å². The molecular weight excluding hydrogens is 805 g/mol. The van der Waals surface area contributed by atoms with Crippen LogP contribution < -0.4 is 10.6 Å². The smallest absolute Gasteiger partial charge is 0.407 e. The quantitative estimate of drug-likeness (QED) is 0.115. The summed E-state index contributed by atoms with van der Waals surface area (Å²) >= 11 is 0. The van der Waals surface area contributed by atoms with Gasteiger partial charge in [0, 0.05) is 24.6 Å². The molecule has 0 spiro atoms. The van der Waals surface area contributed by atoms with Crippen LogP contribution in [0.3, 0.4) is 0 Å². The second-order valence-corrected chi connectivity index (χ2v) is 15.9. The molecule has 6 aromatic rings. The molecule has 5 heterocycles. The van der Waals surface area contributed by atoms with Gasteiger partial charge in [-0.1, -0.05) is 78.9 Å². The van der Waals surface area contributed by atoms with Crippen LogP contribution in [0.15, 0.2) is 103 Å². The number of nitrogens with zero attached hydrogens (tertiary/aromatic N) is 4. The standard InChI is InChI=1S/C47H48N8O8/c1-60-46(58)52-40(30-7-4-3-5-8-30)44(56)55-19-20-62-27-39(55)43-49-23-36(50-43)29-12-10-28(11-13-29)31-14-15-33-22-34(17-16-32(33)21-31)37-24-48-42(51-37)38-9-6-18-54(38)45(57)41(35-25-63-26-35)53-47(59)61-2/h3-5,7-8,10-17,21-24,35,38-41H,6,9,18-20,25-27H2,1-2H3,(H,48,51)(H,49,50)(H,52,58)(H,53,59). The third kappa shape index (κ3) is 8.59. The molecule has 16 nitrogen and oxygen atoms in total. The summed E-state index contributed by atoms with van der Waals surface area (Å²) in [6.07, 6.45) is 3.83. The van der Waals surface area contributed by atoms with Crippen molar-refractivity contribution in [3.8, 4) is 33.6 Å². The Morgan fingerprint density at radius 1 is 0.667 bits per heavy atom. The predicted molar refractivity (Wildman–Crippen MR) is 232 cm³/mol. The third-order valence-corrected chi connectivity index (χ3v) is 12.1. The number of aromatic amines is 2. The summed E-state index contributed by atoms with van der Waals surface area (Å²) in [5, 5.41) is 7.57. The number of carbonyl (C=O) groups excluding carboxylic acids is 4. The molecule has 3 saturated heterocycles. The van der Waals surface area contributed by atoms with Crippen molar-refractivity contribution in [3.63, 3.8) is 0 Å². The average Bonchev–Trinajstić information content (AvgIpc) is 4.12. The lowest BCUT2D eigenvalue weighted by Crippen LogP contribution is -2.56. The SMILES string of the molecule is COC(=O)NC(C(=O)N1CCOCC1c1ncc(-c2ccc(-c3ccc4cc(-c5cnc(C6CCCN6C(=O)C(NC(=O)OC)C6COC6)[nH]5)ccc4c3)cc2)[nH]1)c1ccccc1. The van der Waals surface area contributed by atoms with Gasteiger partial charge in [0.2, 0.25) is 5.91 Å². The lowest BCUT2D eigenvalue weighted by Gasteiger charge is -2.36. The van der Waals surface area contributed by atoms with Crippen molar-refractivity contribution in [1.29, 1.82) is 0 Å². The Morgan fingerprint density at radius 3 is 1.95 bits per heavy atom. The fraction of sp³-hybridized carbons (Fsp3) is 0.319. The zero-order valence-corrected chi connectivity index (χ0v) is 34.9. The highest BCUT2D eigenvalue weighted by molar-refractivity contribution is 5.91. The molecule has 63 heavy (non-hydrogen) atoms. The number of benzene rings is 4. The van der Waals surface area contributed by atoms with Crippen molar-refractivity contribution in [2.24, 2.45) is 5.92 Å². The van der Waals surface area contributed by atoms with E-state index in [4.69, 9.17) is 23.9 Å². The zero-order chi connectivity index (χ0) is 43.5. The molecule has 0 radical (unpaired) electrons. The van der Waals surface area contributed by atoms with Gasteiger partial charge in [0.25, 0.3) is 5.91 Å². The molecular formula is C47H48N8O8. The minimum absolute atomic E-state index is 0.103. The highest BCUT2D eigenvalue weighted by Gasteiger charge is 2.42. The van der Waals surface area contributed by atoms with E-state index in [-0.39, 0.29) is 30.4 Å². The van der Waals surface area contributed by atoms with Crippen LogP contribution in [0.25, 0.3) is 44.4 Å². The van der Waals surface area contributed by atoms with E-state index in [1.54, 1.807) is 23.2 Å². The predicted octanol–water partition coefficient (Wildman–Crippen LogP) is 6.32. The number of hydrogen-bond acceptors (Lipinski definition) is 10. The molecule has 2 aromatic heterocycles. The van der Waals surface area contributed by atoms with Gasteiger partial charge in [-0.2, -0.15) is 0 Å². The minimum atomic E-state index is -0.942. The number of carbonyl (C=O) groups is 4. The highest BCUT2D eigenvalue weighted by atomic mass is 16.5. The molecule has 3 fully saturated rings. The molecule has 16 heteroatoms. The van der Waals surface area contributed by atoms with Gasteiger partial charge >= 0.3 is 12.2 Å². The Balaban J connectivity index is 0.875. The van der Waals surface area contributed by atoms with Crippen molar-refractivity contribution in [3.05, 3.63) is 121 Å². The number of H-pyrrole nitrogens is 2. The monoisotopic (exact) mass is 852 g/mol. The molecule has 4 atom stereocenters. The van der Waals surface area contributed by atoms with Crippen molar-refractivity contribution >= 4 is 34.8 Å². The Labute approximate surface area is 363 Å². The number of likely N-dealkylation sites (tertiary alicyclic amines) is 1. The maximum absolute atomic E-state index is 14.0. The maximum atomic E-state index is 14.0. The summed E-state index contributed by atoms with van der Waals surface area (Å²) < 4.78 is 20.8. The van der Waals surface area contributed by atoms with Gasteiger partial charge in [-0.3, -0.25) is 9.59 Å². The second kappa shape index (κ2) is 18.1. The van der Waals surface area contributed by atoms with Crippen molar-refractivity contribution in [2.75, 3.05) is 53.7 Å². The number of imidazole rings is 2. The summed E-state index contributed by atoms with van der Waals surface area (Å²) in [7, 11) is 2.55. The van der Waals surface area contributed by atoms with E-state index in [0.717, 1.165) is 57.3 Å². The van der Waals surface area contributed by atoms with Gasteiger partial charge in [-0.05, 0) is 58.0 Å². The number of ether oxygens (including phenoxy) is 4. The van der Waals surface area contributed by atoms with Crippen LogP contribution in [0.1, 0.15) is 48.2 Å². The Kier molecular flexibility index (Phi) is 11.9. The maximum Gasteiger partial charge on any atom is 0.407 e. The third-order valence-electron chi connectivity index (χ3n) is 12.1. The van der Waals surface area contributed by atoms with Gasteiger partial charge in [0.15, 0.2) is 0 Å². The van der Waals surface area contributed by atoms with E-state index in [0.29, 0.717) is 50.1 Å². The number of alkyl carbamates (subject to hydrolysis) is 2.